The van der Waals surface area contributed by atoms with Gasteiger partial charge in [-0.15, -0.1) is 0 Å². The maximum absolute atomic E-state index is 11.3. The Kier molecular flexibility index (Phi) is 3.65. The lowest BCUT2D eigenvalue weighted by Crippen LogP contribution is -2.10. The first-order chi connectivity index (χ1) is 10.6. The summed E-state index contributed by atoms with van der Waals surface area (Å²) in [4.78, 5) is 13.1. The van der Waals surface area contributed by atoms with Crippen molar-refractivity contribution in [2.75, 3.05) is 14.1 Å². The number of hydrogen-bond acceptors (Lipinski definition) is 3. The van der Waals surface area contributed by atoms with Gasteiger partial charge in [-0.05, 0) is 31.8 Å². The Labute approximate surface area is 128 Å². The van der Waals surface area contributed by atoms with Crippen LogP contribution in [-0.2, 0) is 6.54 Å². The molecule has 3 aromatic rings. The molecule has 0 spiro atoms. The fourth-order valence-electron chi connectivity index (χ4n) is 2.74. The fourth-order valence-corrected chi connectivity index (χ4v) is 2.74. The molecule has 112 valence electrons. The molecule has 0 aliphatic carbocycles. The highest BCUT2D eigenvalue weighted by Crippen LogP contribution is 2.30. The molecule has 1 aromatic heterocycles. The summed E-state index contributed by atoms with van der Waals surface area (Å²) in [6.07, 6.45) is 1.99. The fraction of sp³-hybridized carbons (Fsp3) is 0.176. The number of hydrogen-bond donors (Lipinski definition) is 0. The van der Waals surface area contributed by atoms with Gasteiger partial charge in [0, 0.05) is 24.2 Å². The molecule has 0 aliphatic rings. The van der Waals surface area contributed by atoms with E-state index < -0.39 is 0 Å². The molecule has 2 aromatic carbocycles. The highest BCUT2D eigenvalue weighted by molar-refractivity contribution is 5.86. The molecule has 0 bridgehead atoms. The Morgan fingerprint density at radius 1 is 1.09 bits per heavy atom. The summed E-state index contributed by atoms with van der Waals surface area (Å²) in [5.74, 6) is 0. The maximum atomic E-state index is 11.3. The summed E-state index contributed by atoms with van der Waals surface area (Å²) in [6.45, 7) is 0.786. The molecule has 22 heavy (non-hydrogen) atoms. The second-order valence-corrected chi connectivity index (χ2v) is 5.53. The Morgan fingerprint density at radius 3 is 2.50 bits per heavy atom. The van der Waals surface area contributed by atoms with Gasteiger partial charge in [-0.25, -0.2) is 0 Å². The number of aromatic nitrogens is 1. The molecule has 5 heteroatoms. The standard InChI is InChI=1S/C17H17N3O2/c1-18(2)11-13-12-19(15-8-4-3-7-14(13)15)16-9-5-6-10-17(16)20(21)22/h3-10,12H,11H2,1-2H3. The minimum Gasteiger partial charge on any atom is -0.310 e. The van der Waals surface area contributed by atoms with Crippen molar-refractivity contribution in [3.63, 3.8) is 0 Å². The van der Waals surface area contributed by atoms with Crippen molar-refractivity contribution in [2.45, 2.75) is 6.54 Å². The average molecular weight is 295 g/mol. The van der Waals surface area contributed by atoms with E-state index in [1.165, 1.54) is 6.07 Å². The van der Waals surface area contributed by atoms with Crippen LogP contribution in [0.5, 0.6) is 0 Å². The molecular weight excluding hydrogens is 278 g/mol. The van der Waals surface area contributed by atoms with Gasteiger partial charge in [-0.3, -0.25) is 10.1 Å². The molecule has 1 heterocycles. The van der Waals surface area contributed by atoms with Gasteiger partial charge >= 0.3 is 0 Å². The van der Waals surface area contributed by atoms with Crippen molar-refractivity contribution < 1.29 is 4.92 Å². The van der Waals surface area contributed by atoms with Crippen LogP contribution in [0.3, 0.4) is 0 Å². The molecule has 0 amide bonds. The minimum atomic E-state index is -0.338. The summed E-state index contributed by atoms with van der Waals surface area (Å²) in [7, 11) is 4.02. The van der Waals surface area contributed by atoms with Crippen LogP contribution in [0.15, 0.2) is 54.7 Å². The van der Waals surface area contributed by atoms with Crippen molar-refractivity contribution >= 4 is 16.6 Å². The van der Waals surface area contributed by atoms with E-state index >= 15 is 0 Å². The van der Waals surface area contributed by atoms with Crippen LogP contribution in [0.1, 0.15) is 5.56 Å². The Hall–Kier alpha value is -2.66. The van der Waals surface area contributed by atoms with Crippen LogP contribution >= 0.6 is 0 Å². The highest BCUT2D eigenvalue weighted by atomic mass is 16.6. The second kappa shape index (κ2) is 5.61. The van der Waals surface area contributed by atoms with Gasteiger partial charge in [-0.2, -0.15) is 0 Å². The highest BCUT2D eigenvalue weighted by Gasteiger charge is 2.17. The zero-order chi connectivity index (χ0) is 15.7. The SMILES string of the molecule is CN(C)Cc1cn(-c2ccccc2[N+](=O)[O-])c2ccccc12. The summed E-state index contributed by atoms with van der Waals surface area (Å²) < 4.78 is 1.91. The van der Waals surface area contributed by atoms with E-state index in [1.807, 2.05) is 49.1 Å². The maximum Gasteiger partial charge on any atom is 0.293 e. The van der Waals surface area contributed by atoms with E-state index in [9.17, 15) is 10.1 Å². The van der Waals surface area contributed by atoms with Gasteiger partial charge in [0.2, 0.25) is 0 Å². The topological polar surface area (TPSA) is 51.3 Å². The molecule has 0 saturated heterocycles. The van der Waals surface area contributed by atoms with Gasteiger partial charge in [0.15, 0.2) is 0 Å². The van der Waals surface area contributed by atoms with Gasteiger partial charge in [0.25, 0.3) is 5.69 Å². The Morgan fingerprint density at radius 2 is 1.77 bits per heavy atom. The van der Waals surface area contributed by atoms with Crippen LogP contribution < -0.4 is 0 Å². The van der Waals surface area contributed by atoms with Crippen LogP contribution in [-0.4, -0.2) is 28.5 Å². The van der Waals surface area contributed by atoms with E-state index in [0.29, 0.717) is 5.69 Å². The number of rotatable bonds is 4. The van der Waals surface area contributed by atoms with Crippen LogP contribution in [0.4, 0.5) is 5.69 Å². The van der Waals surface area contributed by atoms with Gasteiger partial charge < -0.3 is 9.47 Å². The lowest BCUT2D eigenvalue weighted by molar-refractivity contribution is -0.384. The molecule has 0 atom stereocenters. The summed E-state index contributed by atoms with van der Waals surface area (Å²) in [6, 6.07) is 14.8. The third kappa shape index (κ3) is 2.46. The van der Waals surface area contributed by atoms with Crippen molar-refractivity contribution in [2.24, 2.45) is 0 Å². The van der Waals surface area contributed by atoms with E-state index in [0.717, 1.165) is 23.0 Å². The predicted molar refractivity (Wildman–Crippen MR) is 87.3 cm³/mol. The first-order valence-corrected chi connectivity index (χ1v) is 7.05. The Bertz CT molecular complexity index is 837. The average Bonchev–Trinajstić information content (AvgIpc) is 2.85. The number of benzene rings is 2. The number of para-hydroxylation sites is 3. The second-order valence-electron chi connectivity index (χ2n) is 5.53. The molecule has 0 aliphatic heterocycles. The molecule has 0 saturated carbocycles. The summed E-state index contributed by atoms with van der Waals surface area (Å²) >= 11 is 0. The zero-order valence-corrected chi connectivity index (χ0v) is 12.6. The zero-order valence-electron chi connectivity index (χ0n) is 12.6. The molecule has 0 fully saturated rings. The minimum absolute atomic E-state index is 0.111. The Balaban J connectivity index is 2.26. The molecular formula is C17H17N3O2. The van der Waals surface area contributed by atoms with Crippen molar-refractivity contribution in [3.05, 3.63) is 70.4 Å². The predicted octanol–water partition coefficient (Wildman–Crippen LogP) is 3.60. The molecule has 3 rings (SSSR count). The van der Waals surface area contributed by atoms with E-state index in [-0.39, 0.29) is 10.6 Å². The third-order valence-electron chi connectivity index (χ3n) is 3.62. The number of nitro benzene ring substituents is 1. The van der Waals surface area contributed by atoms with E-state index in [4.69, 9.17) is 0 Å². The molecule has 5 nitrogen and oxygen atoms in total. The number of nitrogens with zero attached hydrogens (tertiary/aromatic N) is 3. The summed E-state index contributed by atoms with van der Waals surface area (Å²) in [5, 5.41) is 12.4. The van der Waals surface area contributed by atoms with Gasteiger partial charge in [-0.1, -0.05) is 30.3 Å². The lowest BCUT2D eigenvalue weighted by Gasteiger charge is -2.07. The first kappa shape index (κ1) is 14.3. The summed E-state index contributed by atoms with van der Waals surface area (Å²) in [5.41, 5.74) is 2.83. The molecule has 0 N–H and O–H groups in total. The number of fused-ring (bicyclic) bond motifs is 1. The van der Waals surface area contributed by atoms with Crippen molar-refractivity contribution in [1.29, 1.82) is 0 Å². The third-order valence-corrected chi connectivity index (χ3v) is 3.62. The molecule has 0 radical (unpaired) electrons. The van der Waals surface area contributed by atoms with Crippen LogP contribution in [0.2, 0.25) is 0 Å². The molecule has 0 unspecified atom stereocenters. The lowest BCUT2D eigenvalue weighted by atomic mass is 10.2. The number of nitro groups is 1. The van der Waals surface area contributed by atoms with Crippen LogP contribution in [0, 0.1) is 10.1 Å². The first-order valence-electron chi connectivity index (χ1n) is 7.05. The van der Waals surface area contributed by atoms with Crippen LogP contribution in [0.25, 0.3) is 16.6 Å². The monoisotopic (exact) mass is 295 g/mol. The normalized spacial score (nSPS) is 11.2. The van der Waals surface area contributed by atoms with Gasteiger partial charge in [0.1, 0.15) is 5.69 Å². The smallest absolute Gasteiger partial charge is 0.293 e. The largest absolute Gasteiger partial charge is 0.310 e. The van der Waals surface area contributed by atoms with Gasteiger partial charge in [0.05, 0.1) is 10.4 Å². The van der Waals surface area contributed by atoms with Crippen molar-refractivity contribution in [3.8, 4) is 5.69 Å². The van der Waals surface area contributed by atoms with E-state index in [1.54, 1.807) is 12.1 Å². The van der Waals surface area contributed by atoms with E-state index in [2.05, 4.69) is 11.0 Å². The van der Waals surface area contributed by atoms with Crippen molar-refractivity contribution in [1.82, 2.24) is 9.47 Å². The quantitative estimate of drug-likeness (QED) is 0.546.